The second-order valence-electron chi connectivity index (χ2n) is 14.1. The number of hydrogen-bond acceptors (Lipinski definition) is 7. The Morgan fingerprint density at radius 2 is 1.70 bits per heavy atom. The van der Waals surface area contributed by atoms with Crippen molar-refractivity contribution in [2.75, 3.05) is 11.4 Å². The van der Waals surface area contributed by atoms with Crippen LogP contribution in [-0.2, 0) is 10.2 Å². The molecule has 2 aromatic heterocycles. The average molecular weight is 544 g/mol. The van der Waals surface area contributed by atoms with E-state index in [-0.39, 0.29) is 16.7 Å². The molecule has 0 aliphatic heterocycles. The first-order valence-corrected chi connectivity index (χ1v) is 15.1. The van der Waals surface area contributed by atoms with Crippen LogP contribution in [-0.4, -0.2) is 38.5 Å². The molecule has 4 bridgehead atoms. The smallest absolute Gasteiger partial charge is 0.247 e. The average Bonchev–Trinajstić information content (AvgIpc) is 3.89. The number of anilines is 1. The molecule has 2 heterocycles. The largest absolute Gasteiger partial charge is 0.420 e. The summed E-state index contributed by atoms with van der Waals surface area (Å²) in [7, 11) is 0. The van der Waals surface area contributed by atoms with Crippen LogP contribution in [0.15, 0.2) is 33.2 Å². The number of alkyl halides is 1. The van der Waals surface area contributed by atoms with Crippen LogP contribution in [0.2, 0.25) is 0 Å². The van der Waals surface area contributed by atoms with Gasteiger partial charge in [0.2, 0.25) is 23.6 Å². The molecule has 8 aliphatic rings. The summed E-state index contributed by atoms with van der Waals surface area (Å²) in [5.74, 6) is 3.87. The van der Waals surface area contributed by atoms with Crippen molar-refractivity contribution in [3.8, 4) is 11.5 Å². The molecule has 1 aromatic carbocycles. The number of amides is 1. The molecule has 1 amide bonds. The number of benzene rings is 1. The van der Waals surface area contributed by atoms with E-state index in [1.54, 1.807) is 0 Å². The van der Waals surface area contributed by atoms with Gasteiger partial charge >= 0.3 is 0 Å². The summed E-state index contributed by atoms with van der Waals surface area (Å²) in [4.78, 5) is 21.0. The summed E-state index contributed by atoms with van der Waals surface area (Å²) in [6, 6.07) is 7.92. The van der Waals surface area contributed by atoms with Gasteiger partial charge in [0.05, 0.1) is 5.41 Å². The highest BCUT2D eigenvalue weighted by molar-refractivity contribution is 6.00. The lowest BCUT2D eigenvalue weighted by atomic mass is 9.41. The zero-order valence-electron chi connectivity index (χ0n) is 22.7. The normalized spacial score (nSPS) is 35.7. The minimum absolute atomic E-state index is 0.0255. The van der Waals surface area contributed by atoms with E-state index in [0.717, 1.165) is 74.3 Å². The van der Waals surface area contributed by atoms with Crippen LogP contribution in [0.3, 0.4) is 0 Å². The van der Waals surface area contributed by atoms with Crippen molar-refractivity contribution in [1.29, 1.82) is 0 Å². The van der Waals surface area contributed by atoms with Crippen LogP contribution < -0.4 is 4.90 Å². The Bertz CT molecular complexity index is 1480. The van der Waals surface area contributed by atoms with Gasteiger partial charge in [-0.15, -0.1) is 10.2 Å². The van der Waals surface area contributed by atoms with E-state index >= 15 is 0 Å². The number of carbonyl (C=O) groups excluding carboxylic acids is 1. The minimum atomic E-state index is -1.12. The molecule has 0 N–H and O–H groups in total. The molecule has 9 heteroatoms. The topological polar surface area (TPSA) is 98.2 Å². The second kappa shape index (κ2) is 7.79. The maximum atomic E-state index is 14.5. The highest BCUT2D eigenvalue weighted by Crippen LogP contribution is 2.70. The molecule has 0 spiro atoms. The van der Waals surface area contributed by atoms with Crippen LogP contribution in [0.1, 0.15) is 113 Å². The first-order valence-electron chi connectivity index (χ1n) is 15.1. The van der Waals surface area contributed by atoms with E-state index in [1.807, 2.05) is 29.2 Å². The molecular formula is C31H34FN5O3. The highest BCUT2D eigenvalue weighted by Gasteiger charge is 2.73. The van der Waals surface area contributed by atoms with Crippen LogP contribution in [0.4, 0.5) is 10.1 Å². The maximum absolute atomic E-state index is 14.5. The van der Waals surface area contributed by atoms with Gasteiger partial charge in [0.1, 0.15) is 5.67 Å². The SMILES string of the molecule is O=C(N(CC12CCC(c3nc(C4CC4)no3)(CC1)CC2)c1cccc(-c2nnc(C3CC3)o2)c1)C12CC(F)(C1)C2. The van der Waals surface area contributed by atoms with Gasteiger partial charge in [0.25, 0.3) is 0 Å². The lowest BCUT2D eigenvalue weighted by Gasteiger charge is -2.65. The molecule has 3 aromatic rings. The van der Waals surface area contributed by atoms with Crippen molar-refractivity contribution < 1.29 is 18.1 Å². The summed E-state index contributed by atoms with van der Waals surface area (Å²) in [6.07, 6.45) is 11.7. The van der Waals surface area contributed by atoms with Crippen molar-refractivity contribution in [3.05, 3.63) is 41.9 Å². The fraction of sp³-hybridized carbons (Fsp3) is 0.645. The number of fused-ring (bicyclic) bond motifs is 3. The molecule has 40 heavy (non-hydrogen) atoms. The summed E-state index contributed by atoms with van der Waals surface area (Å²) >= 11 is 0. The molecule has 11 rings (SSSR count). The number of rotatable bonds is 8. The van der Waals surface area contributed by atoms with Crippen molar-refractivity contribution >= 4 is 11.6 Å². The molecule has 0 unspecified atom stereocenters. The Morgan fingerprint density at radius 3 is 2.38 bits per heavy atom. The van der Waals surface area contributed by atoms with Crippen molar-refractivity contribution in [3.63, 3.8) is 0 Å². The molecule has 0 radical (unpaired) electrons. The monoisotopic (exact) mass is 543 g/mol. The van der Waals surface area contributed by atoms with Gasteiger partial charge in [-0.25, -0.2) is 4.39 Å². The van der Waals surface area contributed by atoms with Crippen molar-refractivity contribution in [1.82, 2.24) is 20.3 Å². The summed E-state index contributed by atoms with van der Waals surface area (Å²) < 4.78 is 26.4. The lowest BCUT2D eigenvalue weighted by molar-refractivity contribution is -0.211. The van der Waals surface area contributed by atoms with E-state index in [0.29, 0.717) is 49.4 Å². The second-order valence-corrected chi connectivity index (χ2v) is 14.1. The Morgan fingerprint density at radius 1 is 0.975 bits per heavy atom. The van der Waals surface area contributed by atoms with E-state index in [4.69, 9.17) is 13.9 Å². The predicted octanol–water partition coefficient (Wildman–Crippen LogP) is 6.39. The molecular weight excluding hydrogens is 509 g/mol. The third-order valence-corrected chi connectivity index (χ3v) is 11.2. The predicted molar refractivity (Wildman–Crippen MR) is 142 cm³/mol. The molecule has 8 nitrogen and oxygen atoms in total. The Labute approximate surface area is 232 Å². The fourth-order valence-electron chi connectivity index (χ4n) is 8.23. The first kappa shape index (κ1) is 23.6. The maximum Gasteiger partial charge on any atom is 0.247 e. The number of carbonyl (C=O) groups is 1. The first-order chi connectivity index (χ1) is 19.4. The van der Waals surface area contributed by atoms with Crippen molar-refractivity contribution in [2.45, 2.75) is 106 Å². The van der Waals surface area contributed by atoms with Gasteiger partial charge in [-0.05, 0) is 107 Å². The van der Waals surface area contributed by atoms with Gasteiger partial charge in [0, 0.05) is 35.0 Å². The number of hydrogen-bond donors (Lipinski definition) is 0. The Balaban J connectivity index is 0.997. The van der Waals surface area contributed by atoms with Gasteiger partial charge in [-0.1, -0.05) is 11.2 Å². The minimum Gasteiger partial charge on any atom is -0.420 e. The zero-order chi connectivity index (χ0) is 26.7. The molecule has 8 saturated carbocycles. The van der Waals surface area contributed by atoms with E-state index < -0.39 is 11.1 Å². The quantitative estimate of drug-likeness (QED) is 0.325. The van der Waals surface area contributed by atoms with Gasteiger partial charge in [-0.2, -0.15) is 4.98 Å². The summed E-state index contributed by atoms with van der Waals surface area (Å²) in [5, 5.41) is 12.9. The standard InChI is InChI=1S/C31H34FN5O3/c32-31-15-30(16-31,17-31)27(38)37(22-3-1-2-21(14-22)25-35-34-24(39-25)20-6-7-20)18-28-8-11-29(12-9-28,13-10-28)26-33-23(36-40-26)19-4-5-19/h1-3,14,19-20H,4-13,15-18H2. The third-order valence-electron chi connectivity index (χ3n) is 11.2. The van der Waals surface area contributed by atoms with Crippen LogP contribution in [0.25, 0.3) is 11.5 Å². The fourth-order valence-corrected chi connectivity index (χ4v) is 8.23. The number of aromatic nitrogens is 4. The van der Waals surface area contributed by atoms with Crippen LogP contribution >= 0.6 is 0 Å². The van der Waals surface area contributed by atoms with E-state index in [2.05, 4.69) is 15.4 Å². The zero-order valence-corrected chi connectivity index (χ0v) is 22.7. The highest BCUT2D eigenvalue weighted by atomic mass is 19.1. The van der Waals surface area contributed by atoms with Gasteiger partial charge in [0.15, 0.2) is 5.82 Å². The Hall–Kier alpha value is -3.10. The lowest BCUT2D eigenvalue weighted by Crippen LogP contribution is -2.71. The summed E-state index contributed by atoms with van der Waals surface area (Å²) in [5.41, 5.74) is 0.00910. The Kier molecular flexibility index (Phi) is 4.60. The number of halogens is 1. The number of nitrogens with zero attached hydrogens (tertiary/aromatic N) is 5. The van der Waals surface area contributed by atoms with Gasteiger partial charge in [-0.3, -0.25) is 4.79 Å². The molecule has 8 fully saturated rings. The third kappa shape index (κ3) is 3.51. The van der Waals surface area contributed by atoms with Crippen LogP contribution in [0.5, 0.6) is 0 Å². The van der Waals surface area contributed by atoms with Crippen molar-refractivity contribution in [2.24, 2.45) is 10.8 Å². The van der Waals surface area contributed by atoms with Gasteiger partial charge < -0.3 is 13.8 Å². The summed E-state index contributed by atoms with van der Waals surface area (Å²) in [6.45, 7) is 0.653. The molecule has 0 saturated heterocycles. The molecule has 0 atom stereocenters. The van der Waals surface area contributed by atoms with Crippen LogP contribution in [0, 0.1) is 10.8 Å². The van der Waals surface area contributed by atoms with E-state index in [1.165, 1.54) is 12.8 Å². The van der Waals surface area contributed by atoms with E-state index in [9.17, 15) is 9.18 Å². The molecule has 8 aliphatic carbocycles. The molecule has 208 valence electrons.